The van der Waals surface area contributed by atoms with E-state index in [2.05, 4.69) is 41.5 Å². The first kappa shape index (κ1) is 32.8. The molecule has 264 valence electrons. The Bertz CT molecular complexity index is 2280. The van der Waals surface area contributed by atoms with Gasteiger partial charge in [0.1, 0.15) is 26.4 Å². The first-order chi connectivity index (χ1) is 24.9. The van der Waals surface area contributed by atoms with Crippen LogP contribution in [-0.2, 0) is 20.4 Å². The zero-order valence-electron chi connectivity index (χ0n) is 29.7. The molecule has 4 aliphatic heterocycles. The summed E-state index contributed by atoms with van der Waals surface area (Å²) in [6, 6.07) is 19.3. The molecule has 9 rings (SSSR count). The molecule has 0 aliphatic carbocycles. The molecule has 0 fully saturated rings. The van der Waals surface area contributed by atoms with Crippen molar-refractivity contribution < 1.29 is 38.0 Å². The van der Waals surface area contributed by atoms with Crippen molar-refractivity contribution in [2.45, 2.75) is 52.4 Å². The minimum absolute atomic E-state index is 0.101. The van der Waals surface area contributed by atoms with Crippen LogP contribution in [0.25, 0.3) is 32.0 Å². The lowest BCUT2D eigenvalue weighted by Crippen LogP contribution is -2.18. The van der Waals surface area contributed by atoms with E-state index in [1.54, 1.807) is 22.7 Å². The van der Waals surface area contributed by atoms with Crippen molar-refractivity contribution in [2.24, 2.45) is 0 Å². The lowest BCUT2D eigenvalue weighted by Gasteiger charge is -2.22. The molecule has 0 radical (unpaired) electrons. The molecule has 4 aliphatic rings. The fourth-order valence-corrected chi connectivity index (χ4v) is 9.56. The van der Waals surface area contributed by atoms with Gasteiger partial charge < -0.3 is 28.4 Å². The van der Waals surface area contributed by atoms with Crippen LogP contribution in [0.4, 0.5) is 0 Å². The van der Waals surface area contributed by atoms with Gasteiger partial charge in [0.05, 0.1) is 30.7 Å². The summed E-state index contributed by atoms with van der Waals surface area (Å²) in [7, 11) is 0. The minimum atomic E-state index is -0.495. The fourth-order valence-electron chi connectivity index (χ4n) is 7.06. The van der Waals surface area contributed by atoms with E-state index in [-0.39, 0.29) is 22.3 Å². The van der Waals surface area contributed by atoms with E-state index in [9.17, 15) is 9.59 Å². The van der Waals surface area contributed by atoms with Gasteiger partial charge in [0.25, 0.3) is 0 Å². The molecule has 0 spiro atoms. The van der Waals surface area contributed by atoms with Gasteiger partial charge in [-0.05, 0) is 34.4 Å². The Kier molecular flexibility index (Phi) is 7.40. The van der Waals surface area contributed by atoms with Gasteiger partial charge in [0.2, 0.25) is 0 Å². The Hall–Kier alpha value is -5.06. The monoisotopic (exact) mass is 732 g/mol. The maximum atomic E-state index is 13.4. The predicted molar refractivity (Wildman–Crippen MR) is 201 cm³/mol. The average molecular weight is 733 g/mol. The number of benzene rings is 3. The van der Waals surface area contributed by atoms with E-state index in [0.717, 1.165) is 53.6 Å². The number of carbonyl (C=O) groups is 2. The van der Waals surface area contributed by atoms with Crippen molar-refractivity contribution in [1.29, 1.82) is 0 Å². The van der Waals surface area contributed by atoms with Crippen molar-refractivity contribution >= 4 is 45.8 Å². The third-order valence-electron chi connectivity index (χ3n) is 9.48. The smallest absolute Gasteiger partial charge is 0.345 e. The van der Waals surface area contributed by atoms with Crippen molar-refractivity contribution in [3.8, 4) is 55.4 Å². The lowest BCUT2D eigenvalue weighted by atomic mass is 9.93. The summed E-state index contributed by atoms with van der Waals surface area (Å²) < 4.78 is 35.9. The number of rotatable bonds is 4. The summed E-state index contributed by atoms with van der Waals surface area (Å²) in [6.45, 7) is 15.0. The highest BCUT2D eigenvalue weighted by molar-refractivity contribution is 7.17. The number of hydrogen-bond acceptors (Lipinski definition) is 10. The highest BCUT2D eigenvalue weighted by Crippen LogP contribution is 2.54. The molecule has 52 heavy (non-hydrogen) atoms. The molecular weight excluding hydrogens is 697 g/mol. The molecule has 0 bridgehead atoms. The van der Waals surface area contributed by atoms with Gasteiger partial charge in [0, 0.05) is 21.3 Å². The molecule has 0 unspecified atom stereocenters. The zero-order valence-corrected chi connectivity index (χ0v) is 31.3. The summed E-state index contributed by atoms with van der Waals surface area (Å²) in [4.78, 5) is 31.1. The number of hydrogen-bond donors (Lipinski definition) is 0. The second-order valence-electron chi connectivity index (χ2n) is 15.2. The highest BCUT2D eigenvalue weighted by atomic mass is 32.1. The summed E-state index contributed by atoms with van der Waals surface area (Å²) in [5.41, 5.74) is 3.99. The van der Waals surface area contributed by atoms with Crippen molar-refractivity contribution in [3.05, 3.63) is 92.0 Å². The van der Waals surface area contributed by atoms with E-state index in [4.69, 9.17) is 28.4 Å². The maximum Gasteiger partial charge on any atom is 0.345 e. The van der Waals surface area contributed by atoms with Gasteiger partial charge >= 0.3 is 11.9 Å². The number of ether oxygens (including phenoxy) is 6. The quantitative estimate of drug-likeness (QED) is 0.139. The van der Waals surface area contributed by atoms with E-state index >= 15 is 0 Å². The Labute approximate surface area is 308 Å². The van der Waals surface area contributed by atoms with Crippen LogP contribution >= 0.6 is 22.7 Å². The molecule has 3 aromatic carbocycles. The second kappa shape index (κ2) is 11.7. The van der Waals surface area contributed by atoms with Gasteiger partial charge in [-0.2, -0.15) is 0 Å². The standard InChI is InChI=1S/C42H36O8S2/c1-41(2,3)37-33-31(45-17-19-47-33)35(51-37)23-11-7-21(8-12-23)27-25-15-16-26-28(40(44)50-30(26)29(25)49-39(27)43)22-9-13-24(14-10-22)36-32-34(48-20-18-46-32)38(52-36)42(4,5)6/h7-16H,17-20H2,1-6H3. The van der Waals surface area contributed by atoms with Crippen LogP contribution in [0, 0.1) is 0 Å². The van der Waals surface area contributed by atoms with Gasteiger partial charge in [-0.15, -0.1) is 22.7 Å². The summed E-state index contributed by atoms with van der Waals surface area (Å²) >= 11 is 3.34. The third-order valence-corrected chi connectivity index (χ3v) is 12.7. The van der Waals surface area contributed by atoms with Crippen LogP contribution in [0.15, 0.2) is 60.7 Å². The SMILES string of the molecule is CC(C)(C)c1sc(-c2ccc(C3=c4ccc5c(c4OC3=O)OC(=O)C=5c3ccc(-c4sc(C(C)(C)C)c5c4OCCO5)cc3)cc2)c2c1OCCO2. The molecule has 6 heterocycles. The fraction of sp³-hybridized carbons (Fsp3) is 0.286. The molecule has 8 nitrogen and oxygen atoms in total. The Balaban J connectivity index is 1.07. The molecule has 5 aromatic rings. The summed E-state index contributed by atoms with van der Waals surface area (Å²) in [5, 5.41) is 1.17. The predicted octanol–water partition coefficient (Wildman–Crippen LogP) is 7.52. The number of fused-ring (bicyclic) bond motifs is 5. The maximum absolute atomic E-state index is 13.4. The topological polar surface area (TPSA) is 89.5 Å². The van der Waals surface area contributed by atoms with Crippen LogP contribution in [0.2, 0.25) is 0 Å². The Morgan fingerprint density at radius 3 is 1.12 bits per heavy atom. The molecular formula is C42H36O8S2. The highest BCUT2D eigenvalue weighted by Gasteiger charge is 2.36. The number of esters is 2. The molecule has 0 N–H and O–H groups in total. The molecule has 0 saturated heterocycles. The van der Waals surface area contributed by atoms with Crippen LogP contribution < -0.4 is 38.9 Å². The van der Waals surface area contributed by atoms with Crippen molar-refractivity contribution in [3.63, 3.8) is 0 Å². The molecule has 10 heteroatoms. The normalized spacial score (nSPS) is 16.1. The van der Waals surface area contributed by atoms with Crippen LogP contribution in [0.5, 0.6) is 34.5 Å². The number of thiophene rings is 2. The Morgan fingerprint density at radius 2 is 0.769 bits per heavy atom. The zero-order chi connectivity index (χ0) is 36.1. The van der Waals surface area contributed by atoms with E-state index in [1.165, 1.54) is 0 Å². The third kappa shape index (κ3) is 5.14. The number of carbonyl (C=O) groups excluding carboxylic acids is 2. The van der Waals surface area contributed by atoms with Crippen molar-refractivity contribution in [1.82, 2.24) is 0 Å². The summed E-state index contributed by atoms with van der Waals surface area (Å²) in [6.07, 6.45) is 0. The lowest BCUT2D eigenvalue weighted by molar-refractivity contribution is -0.129. The van der Waals surface area contributed by atoms with Gasteiger partial charge in [-0.3, -0.25) is 0 Å². The average Bonchev–Trinajstić information content (AvgIpc) is 3.88. The largest absolute Gasteiger partial charge is 0.485 e. The molecule has 0 atom stereocenters. The van der Waals surface area contributed by atoms with Gasteiger partial charge in [0.15, 0.2) is 34.5 Å². The summed E-state index contributed by atoms with van der Waals surface area (Å²) in [5.74, 6) is 2.71. The van der Waals surface area contributed by atoms with E-state index in [1.807, 2.05) is 60.7 Å². The van der Waals surface area contributed by atoms with Crippen LogP contribution in [-0.4, -0.2) is 38.4 Å². The van der Waals surface area contributed by atoms with Gasteiger partial charge in [-0.1, -0.05) is 90.1 Å². The van der Waals surface area contributed by atoms with Gasteiger partial charge in [-0.25, -0.2) is 9.59 Å². The van der Waals surface area contributed by atoms with E-state index in [0.29, 0.717) is 59.1 Å². The second-order valence-corrected chi connectivity index (χ2v) is 17.3. The van der Waals surface area contributed by atoms with E-state index < -0.39 is 11.9 Å². The van der Waals surface area contributed by atoms with Crippen LogP contribution in [0.1, 0.15) is 62.4 Å². The molecule has 2 aromatic heterocycles. The minimum Gasteiger partial charge on any atom is -0.485 e. The molecule has 0 amide bonds. The Morgan fingerprint density at radius 1 is 0.442 bits per heavy atom. The van der Waals surface area contributed by atoms with Crippen molar-refractivity contribution in [2.75, 3.05) is 26.4 Å². The first-order valence-electron chi connectivity index (χ1n) is 17.3. The first-order valence-corrected chi connectivity index (χ1v) is 18.9. The molecule has 0 saturated carbocycles. The van der Waals surface area contributed by atoms with Crippen LogP contribution in [0.3, 0.4) is 0 Å².